The summed E-state index contributed by atoms with van der Waals surface area (Å²) in [7, 11) is 0. The molecule has 0 aliphatic rings. The van der Waals surface area contributed by atoms with Gasteiger partial charge in [-0.1, -0.05) is 127 Å². The van der Waals surface area contributed by atoms with Gasteiger partial charge in [0.25, 0.3) is 0 Å². The van der Waals surface area contributed by atoms with Crippen molar-refractivity contribution < 1.29 is 4.42 Å². The second-order valence-corrected chi connectivity index (χ2v) is 15.4. The molecule has 0 aliphatic carbocycles. The van der Waals surface area contributed by atoms with Crippen molar-refractivity contribution in [3.63, 3.8) is 0 Å². The first-order valence-corrected chi connectivity index (χ1v) is 19.8. The number of rotatable bonds is 5. The van der Waals surface area contributed by atoms with Gasteiger partial charge < -0.3 is 8.98 Å². The molecule has 0 aliphatic heterocycles. The number of fused-ring (bicyclic) bond motifs is 10. The number of hydrogen-bond donors (Lipinski definition) is 0. The van der Waals surface area contributed by atoms with Gasteiger partial charge in [-0.3, -0.25) is 0 Å². The van der Waals surface area contributed by atoms with Crippen LogP contribution in [0.4, 0.5) is 0 Å². The zero-order valence-corrected chi connectivity index (χ0v) is 31.2. The van der Waals surface area contributed by atoms with Gasteiger partial charge in [0.15, 0.2) is 17.5 Å². The topological polar surface area (TPSA) is 56.7 Å². The van der Waals surface area contributed by atoms with Crippen LogP contribution in [0.25, 0.3) is 115 Å². The van der Waals surface area contributed by atoms with E-state index in [4.69, 9.17) is 19.4 Å². The van der Waals surface area contributed by atoms with Gasteiger partial charge in [0.05, 0.1) is 11.0 Å². The van der Waals surface area contributed by atoms with Crippen LogP contribution in [0.5, 0.6) is 0 Å². The molecule has 0 unspecified atom stereocenters. The van der Waals surface area contributed by atoms with Crippen molar-refractivity contribution in [3.05, 3.63) is 182 Å². The number of nitrogens with zero attached hydrogens (tertiary/aromatic N) is 4. The summed E-state index contributed by atoms with van der Waals surface area (Å²) in [5.74, 6) is 1.84. The molecule has 0 radical (unpaired) electrons. The van der Waals surface area contributed by atoms with Crippen LogP contribution >= 0.6 is 11.3 Å². The summed E-state index contributed by atoms with van der Waals surface area (Å²) < 4.78 is 11.1. The van der Waals surface area contributed by atoms with E-state index in [0.29, 0.717) is 17.5 Å². The third-order valence-corrected chi connectivity index (χ3v) is 12.3. The van der Waals surface area contributed by atoms with E-state index < -0.39 is 0 Å². The van der Waals surface area contributed by atoms with Crippen LogP contribution in [0, 0.1) is 0 Å². The van der Waals surface area contributed by atoms with Crippen LogP contribution in [-0.4, -0.2) is 19.5 Å². The molecule has 0 amide bonds. The number of benzene rings is 8. The normalized spacial score (nSPS) is 11.9. The van der Waals surface area contributed by atoms with E-state index in [2.05, 4.69) is 162 Å². The molecule has 0 N–H and O–H groups in total. The Kier molecular flexibility index (Phi) is 7.03. The lowest BCUT2D eigenvalue weighted by molar-refractivity contribution is 0.669. The van der Waals surface area contributed by atoms with Crippen molar-refractivity contribution in [2.24, 2.45) is 0 Å². The molecule has 8 aromatic carbocycles. The molecule has 0 atom stereocenters. The third-order valence-electron chi connectivity index (χ3n) is 11.1. The summed E-state index contributed by atoms with van der Waals surface area (Å²) >= 11 is 1.81. The SMILES string of the molecule is c1ccc(-c2cccc(-c3nc(-c4ccc5c(c4)oc4ccccc45)nc(-c4cccc5c4sc4c5ccc5c4c4ccccc4n5-c4ccccc4)n3)c2)cc1. The molecule has 0 saturated carbocycles. The predicted octanol–water partition coefficient (Wildman–Crippen LogP) is 13.9. The first-order chi connectivity index (χ1) is 28.2. The molecular formula is C51H30N4OS. The van der Waals surface area contributed by atoms with Gasteiger partial charge in [-0.2, -0.15) is 0 Å². The Bertz CT molecular complexity index is 3530. The van der Waals surface area contributed by atoms with Crippen LogP contribution in [0.15, 0.2) is 186 Å². The van der Waals surface area contributed by atoms with Crippen LogP contribution < -0.4 is 0 Å². The second-order valence-electron chi connectivity index (χ2n) is 14.4. The van der Waals surface area contributed by atoms with Crippen molar-refractivity contribution in [3.8, 4) is 51.0 Å². The van der Waals surface area contributed by atoms with Gasteiger partial charge in [0.1, 0.15) is 11.2 Å². The summed E-state index contributed by atoms with van der Waals surface area (Å²) in [6.07, 6.45) is 0. The number of para-hydroxylation sites is 3. The first-order valence-electron chi connectivity index (χ1n) is 19.0. The van der Waals surface area contributed by atoms with Crippen LogP contribution in [0.1, 0.15) is 0 Å². The zero-order valence-electron chi connectivity index (χ0n) is 30.4. The second kappa shape index (κ2) is 12.6. The Labute approximate surface area is 330 Å². The highest BCUT2D eigenvalue weighted by molar-refractivity contribution is 7.27. The fourth-order valence-electron chi connectivity index (χ4n) is 8.43. The molecule has 6 heteroatoms. The summed E-state index contributed by atoms with van der Waals surface area (Å²) in [5, 5.41) is 7.05. The molecule has 5 nitrogen and oxygen atoms in total. The molecule has 4 heterocycles. The van der Waals surface area contributed by atoms with Gasteiger partial charge in [-0.15, -0.1) is 11.3 Å². The first kappa shape index (κ1) is 31.9. The molecule has 0 spiro atoms. The van der Waals surface area contributed by atoms with Crippen LogP contribution in [0.3, 0.4) is 0 Å². The Balaban J connectivity index is 1.10. The predicted molar refractivity (Wildman–Crippen MR) is 236 cm³/mol. The lowest BCUT2D eigenvalue weighted by atomic mass is 10.0. The Morgan fingerprint density at radius 2 is 1.00 bits per heavy atom. The van der Waals surface area contributed by atoms with E-state index in [9.17, 15) is 0 Å². The Hall–Kier alpha value is -7.41. The van der Waals surface area contributed by atoms with Gasteiger partial charge in [0.2, 0.25) is 0 Å². The summed E-state index contributed by atoms with van der Waals surface area (Å²) in [5.41, 5.74) is 10.2. The number of furan rings is 1. The Morgan fingerprint density at radius 3 is 1.86 bits per heavy atom. The zero-order chi connectivity index (χ0) is 37.5. The lowest BCUT2D eigenvalue weighted by Crippen LogP contribution is -2.00. The molecule has 0 bridgehead atoms. The van der Waals surface area contributed by atoms with Crippen molar-refractivity contribution in [2.45, 2.75) is 0 Å². The maximum absolute atomic E-state index is 6.32. The highest BCUT2D eigenvalue weighted by Gasteiger charge is 2.21. The summed E-state index contributed by atoms with van der Waals surface area (Å²) in [6, 6.07) is 63.7. The molecule has 57 heavy (non-hydrogen) atoms. The van der Waals surface area contributed by atoms with Crippen LogP contribution in [-0.2, 0) is 0 Å². The van der Waals surface area contributed by atoms with E-state index >= 15 is 0 Å². The van der Waals surface area contributed by atoms with Crippen molar-refractivity contribution in [1.29, 1.82) is 0 Å². The van der Waals surface area contributed by atoms with Gasteiger partial charge in [-0.05, 0) is 65.7 Å². The van der Waals surface area contributed by atoms with E-state index in [1.54, 1.807) is 0 Å². The number of thiophene rings is 1. The summed E-state index contributed by atoms with van der Waals surface area (Å²) in [6.45, 7) is 0. The quantitative estimate of drug-likeness (QED) is 0.176. The van der Waals surface area contributed by atoms with Crippen molar-refractivity contribution in [1.82, 2.24) is 19.5 Å². The molecule has 0 saturated heterocycles. The van der Waals surface area contributed by atoms with E-state index in [0.717, 1.165) is 60.1 Å². The van der Waals surface area contributed by atoms with Crippen molar-refractivity contribution >= 4 is 75.3 Å². The average Bonchev–Trinajstić information content (AvgIpc) is 3.96. The largest absolute Gasteiger partial charge is 0.456 e. The number of aromatic nitrogens is 4. The fraction of sp³-hybridized carbons (Fsp3) is 0. The average molecular weight is 747 g/mol. The fourth-order valence-corrected chi connectivity index (χ4v) is 9.79. The standard InChI is InChI=1S/C51H30N4OS/c1-3-13-31(14-4-1)32-15-11-16-33(29-32)49-52-50(34-25-26-37-36-19-8-10-24-44(36)56-45(37)30-34)54-51(53-49)41-22-12-21-38-39-27-28-43-46(48(39)57-47(38)41)40-20-7-9-23-42(40)55(43)35-17-5-2-6-18-35/h1-30H. The molecular weight excluding hydrogens is 717 g/mol. The maximum atomic E-state index is 6.32. The minimum absolute atomic E-state index is 0.592. The van der Waals surface area contributed by atoms with Gasteiger partial charge in [0, 0.05) is 64.1 Å². The minimum atomic E-state index is 0.592. The molecule has 12 rings (SSSR count). The monoisotopic (exact) mass is 746 g/mol. The van der Waals surface area contributed by atoms with Gasteiger partial charge in [-0.25, -0.2) is 15.0 Å². The van der Waals surface area contributed by atoms with E-state index in [1.807, 2.05) is 35.6 Å². The number of hydrogen-bond acceptors (Lipinski definition) is 5. The molecule has 4 aromatic heterocycles. The van der Waals surface area contributed by atoms with E-state index in [-0.39, 0.29) is 0 Å². The van der Waals surface area contributed by atoms with Gasteiger partial charge >= 0.3 is 0 Å². The maximum Gasteiger partial charge on any atom is 0.165 e. The molecule has 266 valence electrons. The molecule has 0 fully saturated rings. The highest BCUT2D eigenvalue weighted by Crippen LogP contribution is 2.46. The van der Waals surface area contributed by atoms with E-state index in [1.165, 1.54) is 37.3 Å². The lowest BCUT2D eigenvalue weighted by Gasteiger charge is -2.10. The summed E-state index contributed by atoms with van der Waals surface area (Å²) in [4.78, 5) is 15.7. The molecule has 12 aromatic rings. The van der Waals surface area contributed by atoms with Crippen molar-refractivity contribution in [2.75, 3.05) is 0 Å². The Morgan fingerprint density at radius 1 is 0.386 bits per heavy atom. The smallest absolute Gasteiger partial charge is 0.165 e. The van der Waals surface area contributed by atoms with Crippen LogP contribution in [0.2, 0.25) is 0 Å². The highest BCUT2D eigenvalue weighted by atomic mass is 32.1. The minimum Gasteiger partial charge on any atom is -0.456 e. The third kappa shape index (κ3) is 5.04.